The van der Waals surface area contributed by atoms with Crippen molar-refractivity contribution in [3.8, 4) is 0 Å². The van der Waals surface area contributed by atoms with Crippen molar-refractivity contribution in [3.05, 3.63) is 71.8 Å². The number of ether oxygens (including phenoxy) is 2. The molecule has 6 nitrogen and oxygen atoms in total. The normalized spacial score (nSPS) is 20.6. The number of cyclic esters (lactones) is 1. The maximum absolute atomic E-state index is 12.9. The zero-order valence-electron chi connectivity index (χ0n) is 16.2. The molecule has 1 heterocycles. The minimum absolute atomic E-state index is 0.0649. The smallest absolute Gasteiger partial charge is 0.413 e. The molecule has 0 radical (unpaired) electrons. The monoisotopic (exact) mass is 383 g/mol. The third-order valence-electron chi connectivity index (χ3n) is 4.62. The van der Waals surface area contributed by atoms with Crippen LogP contribution in [0.5, 0.6) is 0 Å². The van der Waals surface area contributed by atoms with E-state index in [0.717, 1.165) is 5.56 Å². The maximum atomic E-state index is 12.9. The van der Waals surface area contributed by atoms with Gasteiger partial charge in [-0.1, -0.05) is 81.4 Å². The minimum Gasteiger partial charge on any atom is -0.444 e. The summed E-state index contributed by atoms with van der Waals surface area (Å²) in [4.78, 5) is 26.8. The quantitative estimate of drug-likeness (QED) is 0.816. The summed E-state index contributed by atoms with van der Waals surface area (Å²) in [7, 11) is 0. The number of hydrogen-bond acceptors (Lipinski definition) is 5. The molecule has 1 amide bonds. The standard InChI is InChI=1S/C22H25NO5/c1-22(2,3)20-23(21(26)27-14-15-10-6-4-7-11-15)17(19(25)28-20)18(24)16-12-8-5-9-13-16/h4-13,17-18,20,24H,14H2,1-3H3. The van der Waals surface area contributed by atoms with E-state index in [1.807, 2.05) is 57.2 Å². The van der Waals surface area contributed by atoms with Crippen LogP contribution in [0, 0.1) is 5.41 Å². The number of aliphatic hydroxyl groups is 1. The number of hydrogen-bond donors (Lipinski definition) is 1. The van der Waals surface area contributed by atoms with Gasteiger partial charge in [-0.15, -0.1) is 0 Å². The third-order valence-corrected chi connectivity index (χ3v) is 4.62. The molecular weight excluding hydrogens is 358 g/mol. The van der Waals surface area contributed by atoms with Crippen LogP contribution in [-0.4, -0.2) is 34.3 Å². The molecule has 0 aliphatic carbocycles. The van der Waals surface area contributed by atoms with E-state index in [1.165, 1.54) is 4.90 Å². The second-order valence-corrected chi connectivity index (χ2v) is 7.90. The van der Waals surface area contributed by atoms with E-state index in [-0.39, 0.29) is 6.61 Å². The van der Waals surface area contributed by atoms with Crippen LogP contribution < -0.4 is 0 Å². The van der Waals surface area contributed by atoms with Crippen molar-refractivity contribution in [2.24, 2.45) is 5.41 Å². The fourth-order valence-corrected chi connectivity index (χ4v) is 3.21. The highest BCUT2D eigenvalue weighted by atomic mass is 16.6. The molecule has 0 spiro atoms. The lowest BCUT2D eigenvalue weighted by Crippen LogP contribution is -2.50. The van der Waals surface area contributed by atoms with Gasteiger partial charge in [0.1, 0.15) is 12.7 Å². The first kappa shape index (κ1) is 19.9. The van der Waals surface area contributed by atoms with E-state index in [4.69, 9.17) is 9.47 Å². The van der Waals surface area contributed by atoms with Gasteiger partial charge in [0.2, 0.25) is 0 Å². The first-order chi connectivity index (χ1) is 13.3. The molecule has 6 heteroatoms. The molecule has 1 saturated heterocycles. The molecule has 2 aromatic carbocycles. The number of carbonyl (C=O) groups excluding carboxylic acids is 2. The number of esters is 1. The average molecular weight is 383 g/mol. The Morgan fingerprint density at radius 3 is 2.25 bits per heavy atom. The van der Waals surface area contributed by atoms with E-state index >= 15 is 0 Å². The van der Waals surface area contributed by atoms with Crippen LogP contribution in [0.15, 0.2) is 60.7 Å². The second kappa shape index (κ2) is 8.02. The van der Waals surface area contributed by atoms with Gasteiger partial charge in [-0.05, 0) is 11.1 Å². The lowest BCUT2D eigenvalue weighted by molar-refractivity contribution is -0.148. The topological polar surface area (TPSA) is 76.1 Å². The van der Waals surface area contributed by atoms with Crippen LogP contribution in [-0.2, 0) is 20.9 Å². The predicted molar refractivity (Wildman–Crippen MR) is 103 cm³/mol. The molecule has 2 aromatic rings. The molecule has 0 aromatic heterocycles. The Morgan fingerprint density at radius 2 is 1.68 bits per heavy atom. The predicted octanol–water partition coefficient (Wildman–Crippen LogP) is 3.66. The molecule has 28 heavy (non-hydrogen) atoms. The van der Waals surface area contributed by atoms with Crippen molar-refractivity contribution in [1.29, 1.82) is 0 Å². The molecule has 3 unspecified atom stereocenters. The van der Waals surface area contributed by atoms with Crippen molar-refractivity contribution in [2.45, 2.75) is 45.8 Å². The summed E-state index contributed by atoms with van der Waals surface area (Å²) < 4.78 is 10.9. The molecule has 1 aliphatic rings. The highest BCUT2D eigenvalue weighted by Gasteiger charge is 2.53. The van der Waals surface area contributed by atoms with E-state index < -0.39 is 35.9 Å². The number of benzene rings is 2. The molecule has 0 saturated carbocycles. The van der Waals surface area contributed by atoms with E-state index in [0.29, 0.717) is 5.56 Å². The van der Waals surface area contributed by atoms with Gasteiger partial charge in [-0.2, -0.15) is 0 Å². The number of nitrogens with zero attached hydrogens (tertiary/aromatic N) is 1. The summed E-state index contributed by atoms with van der Waals surface area (Å²) in [5.74, 6) is -0.645. The molecular formula is C22H25NO5. The fraction of sp³-hybridized carbons (Fsp3) is 0.364. The van der Waals surface area contributed by atoms with Gasteiger partial charge < -0.3 is 14.6 Å². The van der Waals surface area contributed by atoms with Crippen LogP contribution in [0.1, 0.15) is 38.0 Å². The van der Waals surface area contributed by atoms with Gasteiger partial charge in [0.05, 0.1) is 0 Å². The number of rotatable bonds is 4. The first-order valence-electron chi connectivity index (χ1n) is 9.21. The molecule has 0 bridgehead atoms. The van der Waals surface area contributed by atoms with Gasteiger partial charge >= 0.3 is 12.1 Å². The SMILES string of the molecule is CC(C)(C)C1OC(=O)C(C(O)c2ccccc2)N1C(=O)OCc1ccccc1. The number of amides is 1. The largest absolute Gasteiger partial charge is 0.444 e. The lowest BCUT2D eigenvalue weighted by atomic mass is 9.92. The molecule has 3 rings (SSSR count). The Kier molecular flexibility index (Phi) is 5.70. The fourth-order valence-electron chi connectivity index (χ4n) is 3.21. The van der Waals surface area contributed by atoms with Gasteiger partial charge in [0.25, 0.3) is 0 Å². The Morgan fingerprint density at radius 1 is 1.11 bits per heavy atom. The summed E-state index contributed by atoms with van der Waals surface area (Å²) in [6.07, 6.45) is -2.76. The highest BCUT2D eigenvalue weighted by Crippen LogP contribution is 2.37. The summed E-state index contributed by atoms with van der Waals surface area (Å²) in [6.45, 7) is 5.65. The molecule has 1 N–H and O–H groups in total. The van der Waals surface area contributed by atoms with E-state index in [1.54, 1.807) is 24.3 Å². The van der Waals surface area contributed by atoms with E-state index in [2.05, 4.69) is 0 Å². The zero-order chi connectivity index (χ0) is 20.3. The summed E-state index contributed by atoms with van der Waals surface area (Å²) in [5.41, 5.74) is 0.807. The molecule has 1 aliphatic heterocycles. The maximum Gasteiger partial charge on any atom is 0.413 e. The van der Waals surface area contributed by atoms with Gasteiger partial charge in [0, 0.05) is 5.41 Å². The van der Waals surface area contributed by atoms with Gasteiger partial charge in [-0.3, -0.25) is 4.90 Å². The van der Waals surface area contributed by atoms with Crippen molar-refractivity contribution in [3.63, 3.8) is 0 Å². The highest BCUT2D eigenvalue weighted by molar-refractivity contribution is 5.85. The van der Waals surface area contributed by atoms with Crippen molar-refractivity contribution < 1.29 is 24.2 Å². The van der Waals surface area contributed by atoms with Crippen molar-refractivity contribution >= 4 is 12.1 Å². The van der Waals surface area contributed by atoms with Crippen LogP contribution in [0.2, 0.25) is 0 Å². The summed E-state index contributed by atoms with van der Waals surface area (Å²) in [5, 5.41) is 10.8. The molecule has 1 fully saturated rings. The van der Waals surface area contributed by atoms with Crippen LogP contribution in [0.4, 0.5) is 4.79 Å². The second-order valence-electron chi connectivity index (χ2n) is 7.90. The molecule has 148 valence electrons. The van der Waals surface area contributed by atoms with Gasteiger partial charge in [0.15, 0.2) is 12.3 Å². The Labute approximate surface area is 164 Å². The van der Waals surface area contributed by atoms with Gasteiger partial charge in [-0.25, -0.2) is 9.59 Å². The lowest BCUT2D eigenvalue weighted by Gasteiger charge is -2.34. The Balaban J connectivity index is 1.86. The Hall–Kier alpha value is -2.86. The third kappa shape index (κ3) is 4.17. The summed E-state index contributed by atoms with van der Waals surface area (Å²) in [6, 6.07) is 16.8. The first-order valence-corrected chi connectivity index (χ1v) is 9.21. The molecule has 3 atom stereocenters. The van der Waals surface area contributed by atoms with E-state index in [9.17, 15) is 14.7 Å². The average Bonchev–Trinajstić information content (AvgIpc) is 3.04. The summed E-state index contributed by atoms with van der Waals surface area (Å²) >= 11 is 0. The van der Waals surface area contributed by atoms with Crippen LogP contribution in [0.25, 0.3) is 0 Å². The van der Waals surface area contributed by atoms with Crippen LogP contribution in [0.3, 0.4) is 0 Å². The van der Waals surface area contributed by atoms with Crippen molar-refractivity contribution in [1.82, 2.24) is 4.90 Å². The number of aliphatic hydroxyl groups excluding tert-OH is 1. The minimum atomic E-state index is -1.22. The van der Waals surface area contributed by atoms with Crippen molar-refractivity contribution in [2.75, 3.05) is 0 Å². The van der Waals surface area contributed by atoms with Crippen LogP contribution >= 0.6 is 0 Å². The number of carbonyl (C=O) groups is 2. The Bertz CT molecular complexity index is 816. The zero-order valence-corrected chi connectivity index (χ0v) is 16.2.